The lowest BCUT2D eigenvalue weighted by molar-refractivity contribution is -0.172. The van der Waals surface area contributed by atoms with Crippen LogP contribution >= 0.6 is 0 Å². The van der Waals surface area contributed by atoms with Crippen molar-refractivity contribution in [2.75, 3.05) is 14.2 Å². The first-order valence-electron chi connectivity index (χ1n) is 10.9. The van der Waals surface area contributed by atoms with Gasteiger partial charge in [0.05, 0.1) is 26.2 Å². The van der Waals surface area contributed by atoms with Crippen LogP contribution in [0.2, 0.25) is 0 Å². The number of hydrogen-bond donors (Lipinski definition) is 1. The average molecular weight is 416 g/mol. The molecular weight excluding hydrogens is 382 g/mol. The van der Waals surface area contributed by atoms with Crippen LogP contribution < -0.4 is 10.1 Å². The molecule has 0 spiro atoms. The smallest absolute Gasteiger partial charge is 0.311 e. The first-order valence-corrected chi connectivity index (χ1v) is 10.9. The zero-order valence-corrected chi connectivity index (χ0v) is 18.4. The van der Waals surface area contributed by atoms with Gasteiger partial charge in [-0.15, -0.1) is 0 Å². The second-order valence-electron chi connectivity index (χ2n) is 9.89. The molecule has 6 nitrogen and oxygen atoms in total. The fourth-order valence-electron chi connectivity index (χ4n) is 6.10. The van der Waals surface area contributed by atoms with Crippen LogP contribution in [-0.4, -0.2) is 37.7 Å². The van der Waals surface area contributed by atoms with Gasteiger partial charge in [0.2, 0.25) is 0 Å². The summed E-state index contributed by atoms with van der Waals surface area (Å²) in [7, 11) is 3.12. The Bertz CT molecular complexity index is 786. The van der Waals surface area contributed by atoms with Crippen LogP contribution in [0, 0.1) is 23.2 Å². The highest BCUT2D eigenvalue weighted by atomic mass is 16.5. The van der Waals surface area contributed by atoms with E-state index in [0.29, 0.717) is 24.4 Å². The van der Waals surface area contributed by atoms with Crippen molar-refractivity contribution in [1.29, 1.82) is 0 Å². The Labute approximate surface area is 178 Å². The molecule has 0 radical (unpaired) electrons. The third kappa shape index (κ3) is 3.82. The number of rotatable bonds is 7. The van der Waals surface area contributed by atoms with Crippen LogP contribution in [0.15, 0.2) is 24.3 Å². The number of benzene rings is 1. The Hall–Kier alpha value is -2.08. The molecule has 2 unspecified atom stereocenters. The number of ether oxygens (including phenoxy) is 3. The zero-order chi connectivity index (χ0) is 21.5. The molecule has 0 aliphatic heterocycles. The third-order valence-corrected chi connectivity index (χ3v) is 7.49. The first-order chi connectivity index (χ1) is 14.3. The molecule has 1 amide bonds. The van der Waals surface area contributed by atoms with Crippen molar-refractivity contribution >= 4 is 11.9 Å². The molecule has 5 rings (SSSR count). The van der Waals surface area contributed by atoms with Crippen LogP contribution in [0.1, 0.15) is 51.5 Å². The number of nitrogens with one attached hydrogen (secondary N) is 1. The average Bonchev–Trinajstić information content (AvgIpc) is 2.74. The summed E-state index contributed by atoms with van der Waals surface area (Å²) in [5, 5.41) is 3.29. The fourth-order valence-corrected chi connectivity index (χ4v) is 6.10. The number of methoxy groups -OCH3 is 2. The van der Waals surface area contributed by atoms with Crippen LogP contribution in [0.5, 0.6) is 5.75 Å². The summed E-state index contributed by atoms with van der Waals surface area (Å²) in [5.74, 6) is 1.92. The van der Waals surface area contributed by atoms with E-state index in [4.69, 9.17) is 14.2 Å². The standard InChI is InChI=1S/C24H33NO5/c1-23(2,30-14-15-5-7-19(28-3)8-6-15)21(26)25-20-17-9-16-10-18(20)13-24(11-16,12-17)22(27)29-4/h5-8,16-18,20H,9-14H2,1-4H3,(H,25,26). The molecule has 164 valence electrons. The lowest BCUT2D eigenvalue weighted by Crippen LogP contribution is -2.63. The molecule has 1 N–H and O–H groups in total. The summed E-state index contributed by atoms with van der Waals surface area (Å²) in [6.07, 6.45) is 4.78. The van der Waals surface area contributed by atoms with E-state index < -0.39 is 5.60 Å². The summed E-state index contributed by atoms with van der Waals surface area (Å²) in [6.45, 7) is 3.99. The SMILES string of the molecule is COC(=O)C12CC3CC(C1)C(NC(=O)C(C)(C)OCc1ccc(OC)cc1)C(C3)C2. The normalized spacial score (nSPS) is 32.0. The molecule has 4 bridgehead atoms. The number of amides is 1. The Kier molecular flexibility index (Phi) is 5.56. The second-order valence-corrected chi connectivity index (χ2v) is 9.89. The Morgan fingerprint density at radius 3 is 2.27 bits per heavy atom. The van der Waals surface area contributed by atoms with Gasteiger partial charge in [-0.3, -0.25) is 9.59 Å². The van der Waals surface area contributed by atoms with Crippen molar-refractivity contribution in [2.45, 2.75) is 64.2 Å². The maximum Gasteiger partial charge on any atom is 0.311 e. The molecule has 6 heteroatoms. The summed E-state index contributed by atoms with van der Waals surface area (Å²) in [6, 6.07) is 7.78. The monoisotopic (exact) mass is 415 g/mol. The van der Waals surface area contributed by atoms with E-state index >= 15 is 0 Å². The van der Waals surface area contributed by atoms with E-state index in [9.17, 15) is 9.59 Å². The number of carbonyl (C=O) groups excluding carboxylic acids is 2. The van der Waals surface area contributed by atoms with E-state index in [0.717, 1.165) is 43.4 Å². The van der Waals surface area contributed by atoms with E-state index in [-0.39, 0.29) is 23.3 Å². The highest BCUT2D eigenvalue weighted by Gasteiger charge is 2.59. The van der Waals surface area contributed by atoms with Gasteiger partial charge >= 0.3 is 5.97 Å². The van der Waals surface area contributed by atoms with Crippen molar-refractivity contribution in [3.05, 3.63) is 29.8 Å². The summed E-state index contributed by atoms with van der Waals surface area (Å²) in [5.41, 5.74) is -0.270. The Balaban J connectivity index is 1.38. The molecule has 0 aromatic heterocycles. The Morgan fingerprint density at radius 1 is 1.07 bits per heavy atom. The van der Waals surface area contributed by atoms with Gasteiger partial charge in [-0.25, -0.2) is 0 Å². The quantitative estimate of drug-likeness (QED) is 0.690. The van der Waals surface area contributed by atoms with E-state index in [2.05, 4.69) is 5.32 Å². The number of hydrogen-bond acceptors (Lipinski definition) is 5. The lowest BCUT2D eigenvalue weighted by atomic mass is 9.48. The molecular formula is C24H33NO5. The predicted molar refractivity (Wildman–Crippen MR) is 112 cm³/mol. The molecule has 4 saturated carbocycles. The second kappa shape index (κ2) is 7.88. The molecule has 30 heavy (non-hydrogen) atoms. The predicted octanol–water partition coefficient (Wildman–Crippen LogP) is 3.47. The zero-order valence-electron chi connectivity index (χ0n) is 18.4. The molecule has 0 saturated heterocycles. The van der Waals surface area contributed by atoms with Gasteiger partial charge in [-0.2, -0.15) is 0 Å². The minimum absolute atomic E-state index is 0.0603. The van der Waals surface area contributed by atoms with Crippen molar-refractivity contribution in [2.24, 2.45) is 23.2 Å². The maximum atomic E-state index is 13.1. The first kappa shape index (κ1) is 21.2. The summed E-state index contributed by atoms with van der Waals surface area (Å²) < 4.78 is 16.3. The van der Waals surface area contributed by atoms with Gasteiger partial charge in [0.1, 0.15) is 11.4 Å². The van der Waals surface area contributed by atoms with E-state index in [1.54, 1.807) is 7.11 Å². The molecule has 1 aromatic rings. The van der Waals surface area contributed by atoms with Gasteiger partial charge in [0.25, 0.3) is 5.91 Å². The van der Waals surface area contributed by atoms with Crippen LogP contribution in [0.4, 0.5) is 0 Å². The van der Waals surface area contributed by atoms with Gasteiger partial charge < -0.3 is 19.5 Å². The Morgan fingerprint density at radius 2 is 1.70 bits per heavy atom. The largest absolute Gasteiger partial charge is 0.497 e. The topological polar surface area (TPSA) is 73.9 Å². The van der Waals surface area contributed by atoms with E-state index in [1.807, 2.05) is 38.1 Å². The fraction of sp³-hybridized carbons (Fsp3) is 0.667. The highest BCUT2D eigenvalue weighted by Crippen LogP contribution is 2.60. The highest BCUT2D eigenvalue weighted by molar-refractivity contribution is 5.85. The lowest BCUT2D eigenvalue weighted by Gasteiger charge is -2.58. The van der Waals surface area contributed by atoms with Gasteiger partial charge in [0, 0.05) is 6.04 Å². The summed E-state index contributed by atoms with van der Waals surface area (Å²) in [4.78, 5) is 25.6. The molecule has 1 aromatic carbocycles. The minimum Gasteiger partial charge on any atom is -0.497 e. The van der Waals surface area contributed by atoms with Crippen molar-refractivity contribution < 1.29 is 23.8 Å². The molecule has 2 atom stereocenters. The van der Waals surface area contributed by atoms with Crippen LogP contribution in [0.25, 0.3) is 0 Å². The maximum absolute atomic E-state index is 13.1. The van der Waals surface area contributed by atoms with Gasteiger partial charge in [0.15, 0.2) is 0 Å². The van der Waals surface area contributed by atoms with Crippen LogP contribution in [0.3, 0.4) is 0 Å². The van der Waals surface area contributed by atoms with Crippen molar-refractivity contribution in [1.82, 2.24) is 5.32 Å². The van der Waals surface area contributed by atoms with Crippen LogP contribution in [-0.2, 0) is 25.7 Å². The number of carbonyl (C=O) groups is 2. The van der Waals surface area contributed by atoms with Crippen molar-refractivity contribution in [3.8, 4) is 5.75 Å². The van der Waals surface area contributed by atoms with Gasteiger partial charge in [-0.05, 0) is 81.4 Å². The minimum atomic E-state index is -0.936. The summed E-state index contributed by atoms with van der Waals surface area (Å²) >= 11 is 0. The molecule has 0 heterocycles. The molecule has 4 fully saturated rings. The third-order valence-electron chi connectivity index (χ3n) is 7.49. The molecule has 4 aliphatic carbocycles. The van der Waals surface area contributed by atoms with Crippen molar-refractivity contribution in [3.63, 3.8) is 0 Å². The van der Waals surface area contributed by atoms with E-state index in [1.165, 1.54) is 7.11 Å². The van der Waals surface area contributed by atoms with Gasteiger partial charge in [-0.1, -0.05) is 12.1 Å². The molecule has 4 aliphatic rings. The number of esters is 1.